The van der Waals surface area contributed by atoms with E-state index in [1.165, 1.54) is 0 Å². The smallest absolute Gasteiger partial charge is 0.126 e. The molecule has 0 bridgehead atoms. The van der Waals surface area contributed by atoms with Gasteiger partial charge in [-0.1, -0.05) is 25.4 Å². The van der Waals surface area contributed by atoms with Crippen LogP contribution in [0.15, 0.2) is 12.1 Å². The van der Waals surface area contributed by atoms with E-state index in [0.717, 1.165) is 62.2 Å². The Hall–Kier alpha value is -0.840. The number of hydrogen-bond acceptors (Lipinski definition) is 4. The van der Waals surface area contributed by atoms with Crippen LogP contribution in [0.5, 0.6) is 0 Å². The molecule has 112 valence electrons. The van der Waals surface area contributed by atoms with E-state index < -0.39 is 0 Å². The molecule has 0 saturated carbocycles. The van der Waals surface area contributed by atoms with Crippen LogP contribution in [-0.4, -0.2) is 42.2 Å². The molecule has 1 aliphatic rings. The first-order valence-corrected chi connectivity index (χ1v) is 7.84. The summed E-state index contributed by atoms with van der Waals surface area (Å²) in [6.45, 7) is 8.73. The molecule has 0 aliphatic carbocycles. The van der Waals surface area contributed by atoms with Gasteiger partial charge in [0, 0.05) is 26.2 Å². The molecule has 1 unspecified atom stereocenters. The van der Waals surface area contributed by atoms with Gasteiger partial charge in [-0.25, -0.2) is 4.98 Å². The molecule has 1 aliphatic heterocycles. The number of nitrogens with one attached hydrogen (secondary N) is 1. The van der Waals surface area contributed by atoms with E-state index >= 15 is 0 Å². The Morgan fingerprint density at radius 2 is 2.30 bits per heavy atom. The average molecular weight is 298 g/mol. The fourth-order valence-electron chi connectivity index (χ4n) is 2.33. The standard InChI is InChI=1S/C15H24ClN3O/c1-3-7-17-15-6-5-13(16)14(18-15)11-19-8-9-20-12(4-2)10-19/h5-6,12H,3-4,7-11H2,1-2H3,(H,17,18). The second-order valence-electron chi connectivity index (χ2n) is 5.19. The highest BCUT2D eigenvalue weighted by Gasteiger charge is 2.20. The van der Waals surface area contributed by atoms with Gasteiger partial charge in [-0.15, -0.1) is 0 Å². The Balaban J connectivity index is 2.00. The Labute approximate surface area is 126 Å². The zero-order chi connectivity index (χ0) is 14.4. The van der Waals surface area contributed by atoms with E-state index in [1.54, 1.807) is 0 Å². The highest BCUT2D eigenvalue weighted by Crippen LogP contribution is 2.20. The van der Waals surface area contributed by atoms with Crippen LogP contribution < -0.4 is 5.32 Å². The van der Waals surface area contributed by atoms with Crippen LogP contribution in [0.1, 0.15) is 32.4 Å². The van der Waals surface area contributed by atoms with E-state index in [0.29, 0.717) is 6.10 Å². The summed E-state index contributed by atoms with van der Waals surface area (Å²) in [5.74, 6) is 0.909. The van der Waals surface area contributed by atoms with Crippen molar-refractivity contribution in [3.05, 3.63) is 22.8 Å². The van der Waals surface area contributed by atoms with Crippen molar-refractivity contribution < 1.29 is 4.74 Å². The lowest BCUT2D eigenvalue weighted by Gasteiger charge is -2.32. The molecule has 2 rings (SSSR count). The molecule has 1 atom stereocenters. The van der Waals surface area contributed by atoms with Gasteiger partial charge in [0.1, 0.15) is 5.82 Å². The lowest BCUT2D eigenvalue weighted by Crippen LogP contribution is -2.41. The van der Waals surface area contributed by atoms with Gasteiger partial charge in [-0.3, -0.25) is 4.90 Å². The van der Waals surface area contributed by atoms with Crippen molar-refractivity contribution >= 4 is 17.4 Å². The maximum Gasteiger partial charge on any atom is 0.126 e. The third kappa shape index (κ3) is 4.33. The average Bonchev–Trinajstić information content (AvgIpc) is 2.48. The number of nitrogens with zero attached hydrogens (tertiary/aromatic N) is 2. The minimum Gasteiger partial charge on any atom is -0.376 e. The second-order valence-corrected chi connectivity index (χ2v) is 5.60. The van der Waals surface area contributed by atoms with Crippen molar-refractivity contribution in [2.75, 3.05) is 31.6 Å². The summed E-state index contributed by atoms with van der Waals surface area (Å²) in [7, 11) is 0. The maximum absolute atomic E-state index is 6.27. The molecule has 2 heterocycles. The number of morpholine rings is 1. The van der Waals surface area contributed by atoms with E-state index in [9.17, 15) is 0 Å². The molecule has 0 amide bonds. The van der Waals surface area contributed by atoms with E-state index in [-0.39, 0.29) is 0 Å². The summed E-state index contributed by atoms with van der Waals surface area (Å²) in [5.41, 5.74) is 0.949. The summed E-state index contributed by atoms with van der Waals surface area (Å²) in [6.07, 6.45) is 2.47. The van der Waals surface area contributed by atoms with Crippen molar-refractivity contribution in [3.8, 4) is 0 Å². The lowest BCUT2D eigenvalue weighted by atomic mass is 10.2. The third-order valence-corrected chi connectivity index (χ3v) is 3.87. The van der Waals surface area contributed by atoms with Crippen LogP contribution in [0, 0.1) is 0 Å². The Bertz CT molecular complexity index is 428. The molecule has 0 radical (unpaired) electrons. The number of hydrogen-bond donors (Lipinski definition) is 1. The van der Waals surface area contributed by atoms with Gasteiger partial charge in [-0.05, 0) is 25.0 Å². The Morgan fingerprint density at radius 3 is 3.05 bits per heavy atom. The van der Waals surface area contributed by atoms with Gasteiger partial charge in [0.25, 0.3) is 0 Å². The highest BCUT2D eigenvalue weighted by atomic mass is 35.5. The van der Waals surface area contributed by atoms with Crippen molar-refractivity contribution in [1.82, 2.24) is 9.88 Å². The molecular weight excluding hydrogens is 274 g/mol. The van der Waals surface area contributed by atoms with Crippen LogP contribution in [0.25, 0.3) is 0 Å². The van der Waals surface area contributed by atoms with Gasteiger partial charge >= 0.3 is 0 Å². The molecule has 0 aromatic carbocycles. The third-order valence-electron chi connectivity index (χ3n) is 3.53. The Kier molecular flexibility index (Phi) is 6.07. The highest BCUT2D eigenvalue weighted by molar-refractivity contribution is 6.31. The van der Waals surface area contributed by atoms with Crippen LogP contribution >= 0.6 is 11.6 Å². The van der Waals surface area contributed by atoms with Crippen molar-refractivity contribution in [1.29, 1.82) is 0 Å². The number of halogens is 1. The fraction of sp³-hybridized carbons (Fsp3) is 0.667. The molecule has 1 fully saturated rings. The summed E-state index contributed by atoms with van der Waals surface area (Å²) in [6, 6.07) is 3.87. The minimum absolute atomic E-state index is 0.337. The largest absolute Gasteiger partial charge is 0.376 e. The van der Waals surface area contributed by atoms with E-state index in [1.807, 2.05) is 12.1 Å². The van der Waals surface area contributed by atoms with Gasteiger partial charge in [0.15, 0.2) is 0 Å². The van der Waals surface area contributed by atoms with Gasteiger partial charge in [-0.2, -0.15) is 0 Å². The van der Waals surface area contributed by atoms with E-state index in [2.05, 4.69) is 29.0 Å². The predicted molar refractivity (Wildman–Crippen MR) is 83.3 cm³/mol. The molecule has 1 N–H and O–H groups in total. The van der Waals surface area contributed by atoms with Crippen molar-refractivity contribution in [3.63, 3.8) is 0 Å². The SMILES string of the molecule is CCCNc1ccc(Cl)c(CN2CCOC(CC)C2)n1. The van der Waals surface area contributed by atoms with Crippen molar-refractivity contribution in [2.45, 2.75) is 39.3 Å². The first kappa shape index (κ1) is 15.5. The number of aromatic nitrogens is 1. The molecule has 20 heavy (non-hydrogen) atoms. The number of anilines is 1. The lowest BCUT2D eigenvalue weighted by molar-refractivity contribution is -0.0328. The predicted octanol–water partition coefficient (Wildman–Crippen LogP) is 3.17. The number of pyridine rings is 1. The van der Waals surface area contributed by atoms with Crippen LogP contribution in [0.3, 0.4) is 0 Å². The molecule has 1 aromatic heterocycles. The van der Waals surface area contributed by atoms with Crippen LogP contribution in [-0.2, 0) is 11.3 Å². The topological polar surface area (TPSA) is 37.4 Å². The summed E-state index contributed by atoms with van der Waals surface area (Å²) < 4.78 is 5.69. The molecule has 1 aromatic rings. The fourth-order valence-corrected chi connectivity index (χ4v) is 2.49. The quantitative estimate of drug-likeness (QED) is 0.875. The summed E-state index contributed by atoms with van der Waals surface area (Å²) >= 11 is 6.27. The summed E-state index contributed by atoms with van der Waals surface area (Å²) in [5, 5.41) is 4.05. The van der Waals surface area contributed by atoms with Crippen molar-refractivity contribution in [2.24, 2.45) is 0 Å². The van der Waals surface area contributed by atoms with Gasteiger partial charge in [0.2, 0.25) is 0 Å². The summed E-state index contributed by atoms with van der Waals surface area (Å²) in [4.78, 5) is 7.00. The van der Waals surface area contributed by atoms with Gasteiger partial charge < -0.3 is 10.1 Å². The molecule has 5 heteroatoms. The Morgan fingerprint density at radius 1 is 1.45 bits per heavy atom. The molecule has 4 nitrogen and oxygen atoms in total. The first-order valence-electron chi connectivity index (χ1n) is 7.46. The van der Waals surface area contributed by atoms with E-state index in [4.69, 9.17) is 16.3 Å². The normalized spacial score (nSPS) is 20.1. The maximum atomic E-state index is 6.27. The molecule has 1 saturated heterocycles. The zero-order valence-electron chi connectivity index (χ0n) is 12.4. The monoisotopic (exact) mass is 297 g/mol. The first-order chi connectivity index (χ1) is 9.72. The number of ether oxygens (including phenoxy) is 1. The van der Waals surface area contributed by atoms with Gasteiger partial charge in [0.05, 0.1) is 23.4 Å². The number of rotatable bonds is 6. The minimum atomic E-state index is 0.337. The molecular formula is C15H24ClN3O. The molecule has 0 spiro atoms. The van der Waals surface area contributed by atoms with Crippen LogP contribution in [0.2, 0.25) is 5.02 Å². The van der Waals surface area contributed by atoms with Crippen LogP contribution in [0.4, 0.5) is 5.82 Å². The second kappa shape index (κ2) is 7.81. The zero-order valence-corrected chi connectivity index (χ0v) is 13.1.